The number of morpholine rings is 1. The third kappa shape index (κ3) is 5.39. The fraction of sp³-hybridized carbons (Fsp3) is 0.458. The number of carbonyl (C=O) groups excluding carboxylic acids is 1. The minimum atomic E-state index is -0.0128. The summed E-state index contributed by atoms with van der Waals surface area (Å²) in [5.74, 6) is 0.943. The van der Waals surface area contributed by atoms with Crippen molar-refractivity contribution in [3.8, 4) is 6.07 Å². The van der Waals surface area contributed by atoms with Crippen molar-refractivity contribution >= 4 is 23.3 Å². The van der Waals surface area contributed by atoms with E-state index in [9.17, 15) is 4.79 Å². The van der Waals surface area contributed by atoms with Gasteiger partial charge >= 0.3 is 0 Å². The molecule has 1 atom stereocenters. The monoisotopic (exact) mass is 453 g/mol. The molecule has 2 aliphatic rings. The van der Waals surface area contributed by atoms with Crippen molar-refractivity contribution in [2.24, 2.45) is 5.92 Å². The number of benzene rings is 1. The van der Waals surface area contributed by atoms with Crippen LogP contribution in [0.4, 0.5) is 5.82 Å². The summed E-state index contributed by atoms with van der Waals surface area (Å²) < 4.78 is 5.51. The SMILES string of the molecule is N#Cc1ccc(N2CCC(C(=O)NCC(c3ccccc3Cl)N3CCOCC3)CC2)nc1. The molecule has 2 aromatic rings. The summed E-state index contributed by atoms with van der Waals surface area (Å²) in [4.78, 5) is 21.9. The number of halogens is 1. The number of carbonyl (C=O) groups is 1. The topological polar surface area (TPSA) is 81.5 Å². The number of anilines is 1. The second kappa shape index (κ2) is 10.8. The molecule has 2 aliphatic heterocycles. The fourth-order valence-corrected chi connectivity index (χ4v) is 4.68. The number of amides is 1. The number of piperidine rings is 1. The van der Waals surface area contributed by atoms with E-state index in [4.69, 9.17) is 21.6 Å². The molecule has 1 unspecified atom stereocenters. The Bertz CT molecular complexity index is 948. The molecule has 1 amide bonds. The van der Waals surface area contributed by atoms with E-state index in [0.29, 0.717) is 25.3 Å². The molecule has 2 fully saturated rings. The van der Waals surface area contributed by atoms with Crippen LogP contribution in [0.5, 0.6) is 0 Å². The highest BCUT2D eigenvalue weighted by Gasteiger charge is 2.28. The first-order chi connectivity index (χ1) is 15.7. The van der Waals surface area contributed by atoms with E-state index in [-0.39, 0.29) is 17.9 Å². The summed E-state index contributed by atoms with van der Waals surface area (Å²) in [5.41, 5.74) is 1.59. The van der Waals surface area contributed by atoms with Crippen molar-refractivity contribution in [1.82, 2.24) is 15.2 Å². The van der Waals surface area contributed by atoms with Crippen molar-refractivity contribution in [2.75, 3.05) is 50.8 Å². The highest BCUT2D eigenvalue weighted by Crippen LogP contribution is 2.28. The lowest BCUT2D eigenvalue weighted by atomic mass is 9.95. The molecule has 1 aromatic heterocycles. The van der Waals surface area contributed by atoms with Crippen LogP contribution in [0.1, 0.15) is 30.0 Å². The molecule has 3 heterocycles. The van der Waals surface area contributed by atoms with Crippen LogP contribution in [0.25, 0.3) is 0 Å². The average Bonchev–Trinajstić information content (AvgIpc) is 2.86. The van der Waals surface area contributed by atoms with Gasteiger partial charge in [0.25, 0.3) is 0 Å². The van der Waals surface area contributed by atoms with Gasteiger partial charge in [-0.2, -0.15) is 5.26 Å². The van der Waals surface area contributed by atoms with Crippen molar-refractivity contribution < 1.29 is 9.53 Å². The zero-order chi connectivity index (χ0) is 22.3. The highest BCUT2D eigenvalue weighted by molar-refractivity contribution is 6.31. The Morgan fingerprint density at radius 1 is 1.19 bits per heavy atom. The highest BCUT2D eigenvalue weighted by atomic mass is 35.5. The lowest BCUT2D eigenvalue weighted by Gasteiger charge is -2.36. The maximum absolute atomic E-state index is 13.0. The lowest BCUT2D eigenvalue weighted by molar-refractivity contribution is -0.126. The second-order valence-corrected chi connectivity index (χ2v) is 8.62. The molecule has 1 N–H and O–H groups in total. The van der Waals surface area contributed by atoms with Gasteiger partial charge in [-0.15, -0.1) is 0 Å². The van der Waals surface area contributed by atoms with Crippen molar-refractivity contribution in [2.45, 2.75) is 18.9 Å². The number of nitrogens with zero attached hydrogens (tertiary/aromatic N) is 4. The zero-order valence-electron chi connectivity index (χ0n) is 18.0. The standard InChI is InChI=1S/C24H28ClN5O2/c25-21-4-2-1-3-20(21)22(29-11-13-32-14-12-29)17-28-24(31)19-7-9-30(10-8-19)23-6-5-18(15-26)16-27-23/h1-6,16,19,22H,7-14,17H2,(H,28,31). The predicted molar refractivity (Wildman–Crippen MR) is 123 cm³/mol. The van der Waals surface area contributed by atoms with E-state index in [1.54, 1.807) is 12.3 Å². The predicted octanol–water partition coefficient (Wildman–Crippen LogP) is 3.01. The minimum Gasteiger partial charge on any atom is -0.379 e. The third-order valence-electron chi connectivity index (χ3n) is 6.29. The Labute approximate surface area is 193 Å². The largest absolute Gasteiger partial charge is 0.379 e. The van der Waals surface area contributed by atoms with Gasteiger partial charge in [-0.05, 0) is 36.6 Å². The van der Waals surface area contributed by atoms with E-state index in [0.717, 1.165) is 55.4 Å². The normalized spacial score (nSPS) is 18.7. The van der Waals surface area contributed by atoms with Gasteiger partial charge in [-0.1, -0.05) is 29.8 Å². The number of nitrogens with one attached hydrogen (secondary N) is 1. The summed E-state index contributed by atoms with van der Waals surface area (Å²) in [6.07, 6.45) is 3.15. The number of hydrogen-bond donors (Lipinski definition) is 1. The number of rotatable bonds is 6. The molecular formula is C24H28ClN5O2. The maximum Gasteiger partial charge on any atom is 0.223 e. The molecule has 0 bridgehead atoms. The Kier molecular flexibility index (Phi) is 7.59. The molecule has 168 valence electrons. The molecule has 2 saturated heterocycles. The Morgan fingerprint density at radius 3 is 2.59 bits per heavy atom. The van der Waals surface area contributed by atoms with E-state index in [1.807, 2.05) is 30.3 Å². The van der Waals surface area contributed by atoms with Crippen LogP contribution >= 0.6 is 11.6 Å². The van der Waals surface area contributed by atoms with Crippen LogP contribution in [-0.2, 0) is 9.53 Å². The molecule has 0 spiro atoms. The van der Waals surface area contributed by atoms with Crippen LogP contribution in [-0.4, -0.2) is 61.7 Å². The van der Waals surface area contributed by atoms with Crippen LogP contribution < -0.4 is 10.2 Å². The molecular weight excluding hydrogens is 426 g/mol. The van der Waals surface area contributed by atoms with Crippen LogP contribution in [0.15, 0.2) is 42.6 Å². The first-order valence-electron chi connectivity index (χ1n) is 11.1. The molecule has 0 aliphatic carbocycles. The van der Waals surface area contributed by atoms with Crippen molar-refractivity contribution in [3.05, 3.63) is 58.7 Å². The van der Waals surface area contributed by atoms with E-state index in [1.165, 1.54) is 0 Å². The molecule has 8 heteroatoms. The Hall–Kier alpha value is -2.66. The van der Waals surface area contributed by atoms with Gasteiger partial charge in [0.2, 0.25) is 5.91 Å². The van der Waals surface area contributed by atoms with Gasteiger partial charge in [-0.25, -0.2) is 4.98 Å². The summed E-state index contributed by atoms with van der Waals surface area (Å²) in [6.45, 7) is 5.10. The summed E-state index contributed by atoms with van der Waals surface area (Å²) >= 11 is 6.50. The van der Waals surface area contributed by atoms with Crippen LogP contribution in [0.3, 0.4) is 0 Å². The fourth-order valence-electron chi connectivity index (χ4n) is 4.42. The number of hydrogen-bond acceptors (Lipinski definition) is 6. The number of nitriles is 1. The zero-order valence-corrected chi connectivity index (χ0v) is 18.8. The first-order valence-corrected chi connectivity index (χ1v) is 11.5. The smallest absolute Gasteiger partial charge is 0.223 e. The van der Waals surface area contributed by atoms with E-state index in [2.05, 4.69) is 26.2 Å². The van der Waals surface area contributed by atoms with Gasteiger partial charge in [0.1, 0.15) is 11.9 Å². The maximum atomic E-state index is 13.0. The minimum absolute atomic E-state index is 0.0128. The van der Waals surface area contributed by atoms with Gasteiger partial charge in [-0.3, -0.25) is 9.69 Å². The van der Waals surface area contributed by atoms with Gasteiger partial charge in [0.15, 0.2) is 0 Å². The summed E-state index contributed by atoms with van der Waals surface area (Å²) in [7, 11) is 0. The first kappa shape index (κ1) is 22.5. The quantitative estimate of drug-likeness (QED) is 0.724. The number of pyridine rings is 1. The van der Waals surface area contributed by atoms with Gasteiger partial charge in [0.05, 0.1) is 24.8 Å². The van der Waals surface area contributed by atoms with Crippen molar-refractivity contribution in [1.29, 1.82) is 5.26 Å². The molecule has 4 rings (SSSR count). The van der Waals surface area contributed by atoms with E-state index >= 15 is 0 Å². The molecule has 32 heavy (non-hydrogen) atoms. The number of aromatic nitrogens is 1. The Balaban J connectivity index is 1.34. The molecule has 1 aromatic carbocycles. The van der Waals surface area contributed by atoms with Crippen molar-refractivity contribution in [3.63, 3.8) is 0 Å². The van der Waals surface area contributed by atoms with Crippen LogP contribution in [0, 0.1) is 17.2 Å². The molecule has 7 nitrogen and oxygen atoms in total. The summed E-state index contributed by atoms with van der Waals surface area (Å²) in [5, 5.41) is 12.8. The number of ether oxygens (including phenoxy) is 1. The average molecular weight is 454 g/mol. The van der Waals surface area contributed by atoms with Gasteiger partial charge < -0.3 is 15.0 Å². The third-order valence-corrected chi connectivity index (χ3v) is 6.63. The van der Waals surface area contributed by atoms with Crippen LogP contribution in [0.2, 0.25) is 5.02 Å². The summed E-state index contributed by atoms with van der Waals surface area (Å²) in [6, 6.07) is 13.6. The van der Waals surface area contributed by atoms with Gasteiger partial charge in [0, 0.05) is 49.9 Å². The Morgan fingerprint density at radius 2 is 1.94 bits per heavy atom. The van der Waals surface area contributed by atoms with E-state index < -0.39 is 0 Å². The lowest BCUT2D eigenvalue weighted by Crippen LogP contribution is -2.46. The molecule has 0 radical (unpaired) electrons. The second-order valence-electron chi connectivity index (χ2n) is 8.21. The molecule has 0 saturated carbocycles.